The number of hydrogen-bond donors (Lipinski definition) is 1. The molecule has 1 atom stereocenters. The van der Waals surface area contributed by atoms with Gasteiger partial charge in [-0.3, -0.25) is 4.79 Å². The Balaban J connectivity index is 1.53. The summed E-state index contributed by atoms with van der Waals surface area (Å²) in [7, 11) is 0. The van der Waals surface area contributed by atoms with E-state index in [0.717, 1.165) is 12.2 Å². The van der Waals surface area contributed by atoms with Gasteiger partial charge < -0.3 is 14.8 Å². The number of ether oxygens (including phenoxy) is 2. The third-order valence-corrected chi connectivity index (χ3v) is 3.96. The SMILES string of the molecule is CCOc1ccc(C(=O)NCC2Cc3ccccc3CO2)cc1. The maximum atomic E-state index is 12.2. The summed E-state index contributed by atoms with van der Waals surface area (Å²) >= 11 is 0. The van der Waals surface area contributed by atoms with Crippen LogP contribution in [-0.2, 0) is 17.8 Å². The van der Waals surface area contributed by atoms with Gasteiger partial charge in [0.25, 0.3) is 5.91 Å². The van der Waals surface area contributed by atoms with Crippen LogP contribution < -0.4 is 10.1 Å². The molecule has 1 heterocycles. The monoisotopic (exact) mass is 311 g/mol. The van der Waals surface area contributed by atoms with E-state index in [4.69, 9.17) is 9.47 Å². The van der Waals surface area contributed by atoms with Gasteiger partial charge in [0.2, 0.25) is 0 Å². The van der Waals surface area contributed by atoms with Crippen molar-refractivity contribution in [2.75, 3.05) is 13.2 Å². The molecule has 2 aromatic carbocycles. The van der Waals surface area contributed by atoms with Crippen LogP contribution >= 0.6 is 0 Å². The van der Waals surface area contributed by atoms with Gasteiger partial charge in [-0.05, 0) is 42.3 Å². The molecule has 4 heteroatoms. The van der Waals surface area contributed by atoms with E-state index >= 15 is 0 Å². The molecule has 3 rings (SSSR count). The Morgan fingerprint density at radius 3 is 2.65 bits per heavy atom. The van der Waals surface area contributed by atoms with E-state index in [9.17, 15) is 4.79 Å². The number of rotatable bonds is 5. The highest BCUT2D eigenvalue weighted by Crippen LogP contribution is 2.20. The van der Waals surface area contributed by atoms with Crippen molar-refractivity contribution in [3.63, 3.8) is 0 Å². The quantitative estimate of drug-likeness (QED) is 0.923. The predicted molar refractivity (Wildman–Crippen MR) is 88.7 cm³/mol. The molecule has 2 aromatic rings. The third-order valence-electron chi connectivity index (χ3n) is 3.96. The molecule has 1 aliphatic heterocycles. The number of carbonyl (C=O) groups excluding carboxylic acids is 1. The van der Waals surface area contributed by atoms with Crippen molar-refractivity contribution < 1.29 is 14.3 Å². The van der Waals surface area contributed by atoms with Crippen LogP contribution in [0, 0.1) is 0 Å². The lowest BCUT2D eigenvalue weighted by molar-refractivity contribution is 0.0285. The third kappa shape index (κ3) is 3.90. The number of amides is 1. The number of hydrogen-bond acceptors (Lipinski definition) is 3. The summed E-state index contributed by atoms with van der Waals surface area (Å²) in [5.41, 5.74) is 3.17. The van der Waals surface area contributed by atoms with Crippen molar-refractivity contribution >= 4 is 5.91 Å². The molecule has 120 valence electrons. The summed E-state index contributed by atoms with van der Waals surface area (Å²) in [5.74, 6) is 0.687. The second-order valence-electron chi connectivity index (χ2n) is 5.57. The average Bonchev–Trinajstić information content (AvgIpc) is 2.60. The molecule has 1 N–H and O–H groups in total. The van der Waals surface area contributed by atoms with E-state index in [1.165, 1.54) is 11.1 Å². The Morgan fingerprint density at radius 2 is 1.91 bits per heavy atom. The van der Waals surface area contributed by atoms with Gasteiger partial charge >= 0.3 is 0 Å². The Kier molecular flexibility index (Phi) is 4.93. The van der Waals surface area contributed by atoms with Gasteiger partial charge in [-0.1, -0.05) is 24.3 Å². The maximum Gasteiger partial charge on any atom is 0.251 e. The fourth-order valence-electron chi connectivity index (χ4n) is 2.72. The largest absolute Gasteiger partial charge is 0.494 e. The lowest BCUT2D eigenvalue weighted by Gasteiger charge is -2.25. The molecule has 0 saturated carbocycles. The first kappa shape index (κ1) is 15.6. The number of benzene rings is 2. The normalized spacial score (nSPS) is 16.5. The Hall–Kier alpha value is -2.33. The minimum absolute atomic E-state index is 0.0246. The molecule has 1 aliphatic rings. The summed E-state index contributed by atoms with van der Waals surface area (Å²) < 4.78 is 11.2. The van der Waals surface area contributed by atoms with E-state index in [2.05, 4.69) is 17.4 Å². The van der Waals surface area contributed by atoms with Gasteiger partial charge in [-0.25, -0.2) is 0 Å². The molecule has 0 spiro atoms. The fourth-order valence-corrected chi connectivity index (χ4v) is 2.72. The smallest absolute Gasteiger partial charge is 0.251 e. The first-order valence-corrected chi connectivity index (χ1v) is 7.95. The van der Waals surface area contributed by atoms with E-state index < -0.39 is 0 Å². The molecular formula is C19H21NO3. The van der Waals surface area contributed by atoms with Gasteiger partial charge in [0.05, 0.1) is 19.3 Å². The lowest BCUT2D eigenvalue weighted by Crippen LogP contribution is -2.36. The van der Waals surface area contributed by atoms with Crippen LogP contribution in [0.1, 0.15) is 28.4 Å². The van der Waals surface area contributed by atoms with Crippen LogP contribution in [0.3, 0.4) is 0 Å². The van der Waals surface area contributed by atoms with Crippen molar-refractivity contribution in [1.82, 2.24) is 5.32 Å². The van der Waals surface area contributed by atoms with Crippen molar-refractivity contribution in [3.8, 4) is 5.75 Å². The predicted octanol–water partition coefficient (Wildman–Crippen LogP) is 2.96. The summed E-state index contributed by atoms with van der Waals surface area (Å²) in [5, 5.41) is 2.95. The molecule has 23 heavy (non-hydrogen) atoms. The zero-order valence-corrected chi connectivity index (χ0v) is 13.2. The van der Waals surface area contributed by atoms with Crippen LogP contribution in [0.25, 0.3) is 0 Å². The van der Waals surface area contributed by atoms with E-state index in [0.29, 0.717) is 25.3 Å². The minimum atomic E-state index is -0.0875. The van der Waals surface area contributed by atoms with Crippen LogP contribution in [-0.4, -0.2) is 25.2 Å². The molecule has 0 fully saturated rings. The van der Waals surface area contributed by atoms with Crippen LogP contribution in [0.4, 0.5) is 0 Å². The van der Waals surface area contributed by atoms with Crippen LogP contribution in [0.15, 0.2) is 48.5 Å². The zero-order valence-electron chi connectivity index (χ0n) is 13.2. The number of carbonyl (C=O) groups is 1. The summed E-state index contributed by atoms with van der Waals surface area (Å²) in [6, 6.07) is 15.4. The summed E-state index contributed by atoms with van der Waals surface area (Å²) in [6.45, 7) is 3.68. The molecule has 0 bridgehead atoms. The average molecular weight is 311 g/mol. The summed E-state index contributed by atoms with van der Waals surface area (Å²) in [6.07, 6.45) is 0.858. The number of fused-ring (bicyclic) bond motifs is 1. The Labute approximate surface area is 136 Å². The highest BCUT2D eigenvalue weighted by molar-refractivity contribution is 5.94. The Morgan fingerprint density at radius 1 is 1.17 bits per heavy atom. The number of nitrogens with one attached hydrogen (secondary N) is 1. The fraction of sp³-hybridized carbons (Fsp3) is 0.316. The van der Waals surface area contributed by atoms with Gasteiger partial charge in [0.1, 0.15) is 5.75 Å². The van der Waals surface area contributed by atoms with Crippen molar-refractivity contribution in [1.29, 1.82) is 0 Å². The van der Waals surface area contributed by atoms with Gasteiger partial charge in [0, 0.05) is 18.5 Å². The standard InChI is InChI=1S/C19H21NO3/c1-2-22-17-9-7-14(8-10-17)19(21)20-12-18-11-15-5-3-4-6-16(15)13-23-18/h3-10,18H,2,11-13H2,1H3,(H,20,21). The zero-order chi connectivity index (χ0) is 16.1. The molecular weight excluding hydrogens is 290 g/mol. The van der Waals surface area contributed by atoms with E-state index in [1.807, 2.05) is 31.2 Å². The molecule has 0 aliphatic carbocycles. The molecule has 4 nitrogen and oxygen atoms in total. The highest BCUT2D eigenvalue weighted by atomic mass is 16.5. The van der Waals surface area contributed by atoms with Crippen molar-refractivity contribution in [3.05, 3.63) is 65.2 Å². The van der Waals surface area contributed by atoms with Gasteiger partial charge in [0.15, 0.2) is 0 Å². The molecule has 1 unspecified atom stereocenters. The summed E-state index contributed by atoms with van der Waals surface area (Å²) in [4.78, 5) is 12.2. The first-order valence-electron chi connectivity index (χ1n) is 7.95. The molecule has 1 amide bonds. The van der Waals surface area contributed by atoms with Crippen LogP contribution in [0.5, 0.6) is 5.75 Å². The second kappa shape index (κ2) is 7.29. The highest BCUT2D eigenvalue weighted by Gasteiger charge is 2.19. The second-order valence-corrected chi connectivity index (χ2v) is 5.57. The van der Waals surface area contributed by atoms with Gasteiger partial charge in [-0.15, -0.1) is 0 Å². The van der Waals surface area contributed by atoms with E-state index in [-0.39, 0.29) is 12.0 Å². The molecule has 0 aromatic heterocycles. The lowest BCUT2D eigenvalue weighted by atomic mass is 9.99. The van der Waals surface area contributed by atoms with Crippen molar-refractivity contribution in [2.45, 2.75) is 26.1 Å². The van der Waals surface area contributed by atoms with E-state index in [1.54, 1.807) is 12.1 Å². The minimum Gasteiger partial charge on any atom is -0.494 e. The molecule has 0 saturated heterocycles. The maximum absolute atomic E-state index is 12.2. The van der Waals surface area contributed by atoms with Gasteiger partial charge in [-0.2, -0.15) is 0 Å². The van der Waals surface area contributed by atoms with Crippen LogP contribution in [0.2, 0.25) is 0 Å². The Bertz CT molecular complexity index is 667. The topological polar surface area (TPSA) is 47.6 Å². The molecule has 0 radical (unpaired) electrons. The van der Waals surface area contributed by atoms with Crippen molar-refractivity contribution in [2.24, 2.45) is 0 Å². The first-order chi connectivity index (χ1) is 11.3.